The van der Waals surface area contributed by atoms with Crippen LogP contribution < -0.4 is 0 Å². The van der Waals surface area contributed by atoms with Crippen LogP contribution in [0.3, 0.4) is 0 Å². The number of rotatable bonds is 5. The summed E-state index contributed by atoms with van der Waals surface area (Å²) >= 11 is 5.02. The van der Waals surface area contributed by atoms with Crippen molar-refractivity contribution in [2.75, 3.05) is 26.2 Å². The summed E-state index contributed by atoms with van der Waals surface area (Å²) in [6, 6.07) is 10.1. The van der Waals surface area contributed by atoms with E-state index in [0.29, 0.717) is 24.7 Å². The molecule has 0 unspecified atom stereocenters. The van der Waals surface area contributed by atoms with Gasteiger partial charge in [0.15, 0.2) is 0 Å². The fourth-order valence-corrected chi connectivity index (χ4v) is 4.63. The van der Waals surface area contributed by atoms with Crippen molar-refractivity contribution in [3.05, 3.63) is 57.2 Å². The predicted octanol–water partition coefficient (Wildman–Crippen LogP) is 3.76. The molecule has 0 saturated carbocycles. The molecule has 1 aromatic carbocycles. The van der Waals surface area contributed by atoms with Crippen molar-refractivity contribution in [1.29, 1.82) is 0 Å². The van der Waals surface area contributed by atoms with Crippen LogP contribution in [0, 0.1) is 6.92 Å². The summed E-state index contributed by atoms with van der Waals surface area (Å²) in [4.78, 5) is 22.3. The van der Waals surface area contributed by atoms with Crippen molar-refractivity contribution < 1.29 is 9.32 Å². The molecule has 0 spiro atoms. The van der Waals surface area contributed by atoms with E-state index in [1.165, 1.54) is 5.56 Å². The number of carbonyl (C=O) groups excluding carboxylic acids is 1. The first-order valence-corrected chi connectivity index (χ1v) is 10.9. The van der Waals surface area contributed by atoms with Gasteiger partial charge in [-0.2, -0.15) is 4.98 Å². The third kappa shape index (κ3) is 4.51. The van der Waals surface area contributed by atoms with Crippen LogP contribution in [-0.2, 0) is 17.8 Å². The minimum absolute atomic E-state index is 0.192. The standard InChI is InChI=1S/C20H21BrN4O2S/c1-14-4-2-3-5-15(14)10-19(26)25-8-6-24(7-9-25)12-18-22-20(23-27-18)17-11-16(21)13-28-17/h2-5,11,13H,6-10,12H2,1H3. The van der Waals surface area contributed by atoms with E-state index in [1.807, 2.05) is 47.5 Å². The first kappa shape index (κ1) is 19.3. The number of hydrogen-bond donors (Lipinski definition) is 0. The smallest absolute Gasteiger partial charge is 0.241 e. The maximum atomic E-state index is 12.6. The maximum Gasteiger partial charge on any atom is 0.241 e. The molecular weight excluding hydrogens is 440 g/mol. The summed E-state index contributed by atoms with van der Waals surface area (Å²) in [5.41, 5.74) is 2.27. The maximum absolute atomic E-state index is 12.6. The first-order chi connectivity index (χ1) is 13.6. The van der Waals surface area contributed by atoms with Crippen LogP contribution >= 0.6 is 27.3 Å². The molecule has 146 valence electrons. The van der Waals surface area contributed by atoms with Gasteiger partial charge in [-0.1, -0.05) is 29.4 Å². The van der Waals surface area contributed by atoms with Gasteiger partial charge in [0.05, 0.1) is 17.8 Å². The van der Waals surface area contributed by atoms with Gasteiger partial charge in [-0.05, 0) is 40.0 Å². The van der Waals surface area contributed by atoms with Gasteiger partial charge >= 0.3 is 0 Å². The van der Waals surface area contributed by atoms with E-state index in [0.717, 1.165) is 41.1 Å². The van der Waals surface area contributed by atoms with Gasteiger partial charge in [0.25, 0.3) is 0 Å². The monoisotopic (exact) mass is 460 g/mol. The fourth-order valence-electron chi connectivity index (χ4n) is 3.28. The van der Waals surface area contributed by atoms with Crippen LogP contribution in [0.5, 0.6) is 0 Å². The Morgan fingerprint density at radius 2 is 2.04 bits per heavy atom. The molecule has 1 aliphatic heterocycles. The highest BCUT2D eigenvalue weighted by Gasteiger charge is 2.23. The Labute approximate surface area is 176 Å². The van der Waals surface area contributed by atoms with Crippen LogP contribution in [-0.4, -0.2) is 52.0 Å². The average Bonchev–Trinajstić information content (AvgIpc) is 3.33. The van der Waals surface area contributed by atoms with E-state index < -0.39 is 0 Å². The Morgan fingerprint density at radius 1 is 1.25 bits per heavy atom. The summed E-state index contributed by atoms with van der Waals surface area (Å²) in [5.74, 6) is 1.43. The van der Waals surface area contributed by atoms with Crippen LogP contribution in [0.25, 0.3) is 10.7 Å². The van der Waals surface area contributed by atoms with Crippen molar-refractivity contribution in [1.82, 2.24) is 19.9 Å². The summed E-state index contributed by atoms with van der Waals surface area (Å²) < 4.78 is 6.42. The lowest BCUT2D eigenvalue weighted by Crippen LogP contribution is -2.48. The number of hydrogen-bond acceptors (Lipinski definition) is 6. The Hall–Kier alpha value is -2.03. The zero-order chi connectivity index (χ0) is 19.5. The number of benzene rings is 1. The van der Waals surface area contributed by atoms with Gasteiger partial charge in [0.1, 0.15) is 0 Å². The minimum atomic E-state index is 0.192. The van der Waals surface area contributed by atoms with E-state index in [-0.39, 0.29) is 5.91 Å². The summed E-state index contributed by atoms with van der Waals surface area (Å²) in [5, 5.41) is 6.07. The summed E-state index contributed by atoms with van der Waals surface area (Å²) in [6.45, 7) is 5.73. The third-order valence-electron chi connectivity index (χ3n) is 4.94. The second-order valence-electron chi connectivity index (χ2n) is 6.90. The van der Waals surface area contributed by atoms with Crippen molar-refractivity contribution >= 4 is 33.2 Å². The quantitative estimate of drug-likeness (QED) is 0.579. The van der Waals surface area contributed by atoms with Gasteiger partial charge in [-0.25, -0.2) is 0 Å². The number of nitrogens with zero attached hydrogens (tertiary/aromatic N) is 4. The average molecular weight is 461 g/mol. The second kappa shape index (κ2) is 8.55. The minimum Gasteiger partial charge on any atom is -0.340 e. The lowest BCUT2D eigenvalue weighted by Gasteiger charge is -2.34. The molecule has 0 bridgehead atoms. The molecule has 8 heteroatoms. The zero-order valence-electron chi connectivity index (χ0n) is 15.6. The SMILES string of the molecule is Cc1ccccc1CC(=O)N1CCN(Cc2nc(-c3cc(Br)cs3)no2)CC1. The van der Waals surface area contributed by atoms with Gasteiger partial charge in [-0.15, -0.1) is 11.3 Å². The van der Waals surface area contributed by atoms with E-state index >= 15 is 0 Å². The highest BCUT2D eigenvalue weighted by Crippen LogP contribution is 2.27. The molecule has 2 aromatic heterocycles. The Balaban J connectivity index is 1.29. The second-order valence-corrected chi connectivity index (χ2v) is 8.73. The Kier molecular flexibility index (Phi) is 5.89. The van der Waals surface area contributed by atoms with Crippen molar-refractivity contribution in [2.24, 2.45) is 0 Å². The largest absolute Gasteiger partial charge is 0.340 e. The highest BCUT2D eigenvalue weighted by molar-refractivity contribution is 9.10. The number of piperazine rings is 1. The fraction of sp³-hybridized carbons (Fsp3) is 0.350. The van der Waals surface area contributed by atoms with E-state index in [9.17, 15) is 4.79 Å². The lowest BCUT2D eigenvalue weighted by atomic mass is 10.1. The molecule has 0 N–H and O–H groups in total. The molecule has 1 fully saturated rings. The van der Waals surface area contributed by atoms with Crippen molar-refractivity contribution in [3.8, 4) is 10.7 Å². The summed E-state index contributed by atoms with van der Waals surface area (Å²) in [6.07, 6.45) is 0.468. The number of thiophene rings is 1. The summed E-state index contributed by atoms with van der Waals surface area (Å²) in [7, 11) is 0. The number of amides is 1. The van der Waals surface area contributed by atoms with Crippen molar-refractivity contribution in [3.63, 3.8) is 0 Å². The molecule has 4 rings (SSSR count). The van der Waals surface area contributed by atoms with E-state index in [4.69, 9.17) is 4.52 Å². The van der Waals surface area contributed by atoms with Crippen LogP contribution in [0.4, 0.5) is 0 Å². The third-order valence-corrected chi connectivity index (χ3v) is 6.63. The molecule has 1 aliphatic rings. The highest BCUT2D eigenvalue weighted by atomic mass is 79.9. The molecule has 3 aromatic rings. The zero-order valence-corrected chi connectivity index (χ0v) is 18.0. The molecular formula is C20H21BrN4O2S. The number of aromatic nitrogens is 2. The van der Waals surface area contributed by atoms with Gasteiger partial charge in [0.2, 0.25) is 17.6 Å². The van der Waals surface area contributed by atoms with E-state index in [2.05, 4.69) is 31.0 Å². The van der Waals surface area contributed by atoms with Gasteiger partial charge in [-0.3, -0.25) is 9.69 Å². The Morgan fingerprint density at radius 3 is 2.75 bits per heavy atom. The molecule has 1 saturated heterocycles. The molecule has 0 atom stereocenters. The van der Waals surface area contributed by atoms with Crippen LogP contribution in [0.1, 0.15) is 17.0 Å². The number of carbonyl (C=O) groups is 1. The molecule has 3 heterocycles. The van der Waals surface area contributed by atoms with E-state index in [1.54, 1.807) is 11.3 Å². The van der Waals surface area contributed by atoms with Crippen LogP contribution in [0.2, 0.25) is 0 Å². The molecule has 0 radical (unpaired) electrons. The topological polar surface area (TPSA) is 62.5 Å². The lowest BCUT2D eigenvalue weighted by molar-refractivity contribution is -0.132. The number of aryl methyl sites for hydroxylation is 1. The van der Waals surface area contributed by atoms with Crippen LogP contribution in [0.15, 0.2) is 44.7 Å². The Bertz CT molecular complexity index is 963. The van der Waals surface area contributed by atoms with Crippen molar-refractivity contribution in [2.45, 2.75) is 19.9 Å². The predicted molar refractivity (Wildman–Crippen MR) is 112 cm³/mol. The molecule has 0 aliphatic carbocycles. The molecule has 28 heavy (non-hydrogen) atoms. The first-order valence-electron chi connectivity index (χ1n) is 9.20. The molecule has 1 amide bonds. The normalized spacial score (nSPS) is 15.1. The van der Waals surface area contributed by atoms with Gasteiger partial charge < -0.3 is 9.42 Å². The molecule has 6 nitrogen and oxygen atoms in total. The van der Waals surface area contributed by atoms with Gasteiger partial charge in [0, 0.05) is 36.0 Å². The number of halogens is 1.